The predicted octanol–water partition coefficient (Wildman–Crippen LogP) is -0.719. The average molecular weight is 307 g/mol. The van der Waals surface area contributed by atoms with Gasteiger partial charge < -0.3 is 15.8 Å². The monoisotopic (exact) mass is 307 g/mol. The van der Waals surface area contributed by atoms with E-state index in [9.17, 15) is 13.2 Å². The Morgan fingerprint density at radius 2 is 2.15 bits per heavy atom. The standard InChI is InChI=1S/C12H25N3O4S/c1-10(2)14-12(16)11-9-19-7-6-15(11)20(17,18)8-4-3-5-13/h10-11H,3-9,13H2,1-2H3,(H,14,16). The number of rotatable bonds is 7. The van der Waals surface area contributed by atoms with Gasteiger partial charge in [0.05, 0.1) is 19.0 Å². The maximum atomic E-state index is 12.3. The molecule has 1 heterocycles. The molecule has 7 nitrogen and oxygen atoms in total. The summed E-state index contributed by atoms with van der Waals surface area (Å²) in [6.45, 7) is 4.79. The lowest BCUT2D eigenvalue weighted by atomic mass is 10.2. The molecule has 0 aromatic carbocycles. The van der Waals surface area contributed by atoms with E-state index < -0.39 is 16.1 Å². The van der Waals surface area contributed by atoms with E-state index in [1.165, 1.54) is 4.31 Å². The van der Waals surface area contributed by atoms with Gasteiger partial charge in [-0.1, -0.05) is 0 Å². The third kappa shape index (κ3) is 5.01. The first-order valence-electron chi connectivity index (χ1n) is 6.96. The number of hydrogen-bond donors (Lipinski definition) is 2. The summed E-state index contributed by atoms with van der Waals surface area (Å²) in [5.41, 5.74) is 5.37. The fourth-order valence-corrected chi connectivity index (χ4v) is 3.76. The molecular weight excluding hydrogens is 282 g/mol. The first-order chi connectivity index (χ1) is 9.38. The molecule has 1 saturated heterocycles. The molecule has 0 aromatic rings. The van der Waals surface area contributed by atoms with Gasteiger partial charge in [0, 0.05) is 12.6 Å². The molecule has 0 radical (unpaired) electrons. The number of nitrogens with two attached hydrogens (primary N) is 1. The Kier molecular flexibility index (Phi) is 6.87. The minimum atomic E-state index is -3.45. The molecule has 1 rings (SSSR count). The number of nitrogens with zero attached hydrogens (tertiary/aromatic N) is 1. The van der Waals surface area contributed by atoms with Crippen molar-refractivity contribution in [3.8, 4) is 0 Å². The second-order valence-corrected chi connectivity index (χ2v) is 7.22. The number of carbonyl (C=O) groups is 1. The van der Waals surface area contributed by atoms with Crippen molar-refractivity contribution < 1.29 is 17.9 Å². The molecule has 0 saturated carbocycles. The van der Waals surface area contributed by atoms with E-state index in [4.69, 9.17) is 10.5 Å². The predicted molar refractivity (Wildman–Crippen MR) is 76.7 cm³/mol. The largest absolute Gasteiger partial charge is 0.378 e. The number of hydrogen-bond acceptors (Lipinski definition) is 5. The summed E-state index contributed by atoms with van der Waals surface area (Å²) in [5.74, 6) is -0.280. The Morgan fingerprint density at radius 1 is 1.45 bits per heavy atom. The van der Waals surface area contributed by atoms with Gasteiger partial charge >= 0.3 is 0 Å². The molecular formula is C12H25N3O4S. The number of morpholine rings is 1. The van der Waals surface area contributed by atoms with Gasteiger partial charge in [-0.25, -0.2) is 8.42 Å². The van der Waals surface area contributed by atoms with Crippen molar-refractivity contribution >= 4 is 15.9 Å². The van der Waals surface area contributed by atoms with Crippen molar-refractivity contribution in [1.29, 1.82) is 0 Å². The first-order valence-corrected chi connectivity index (χ1v) is 8.57. The van der Waals surface area contributed by atoms with E-state index in [0.717, 1.165) is 0 Å². The van der Waals surface area contributed by atoms with Gasteiger partial charge in [-0.05, 0) is 33.2 Å². The quantitative estimate of drug-likeness (QED) is 0.604. The van der Waals surface area contributed by atoms with E-state index in [-0.39, 0.29) is 30.9 Å². The zero-order valence-electron chi connectivity index (χ0n) is 12.2. The van der Waals surface area contributed by atoms with Crippen LogP contribution in [-0.2, 0) is 19.6 Å². The second-order valence-electron chi connectivity index (χ2n) is 5.18. The lowest BCUT2D eigenvalue weighted by Crippen LogP contribution is -2.57. The molecule has 20 heavy (non-hydrogen) atoms. The van der Waals surface area contributed by atoms with Crippen LogP contribution in [0.3, 0.4) is 0 Å². The molecule has 0 aromatic heterocycles. The van der Waals surface area contributed by atoms with Crippen LogP contribution in [-0.4, -0.2) is 62.8 Å². The maximum absolute atomic E-state index is 12.3. The van der Waals surface area contributed by atoms with E-state index >= 15 is 0 Å². The summed E-state index contributed by atoms with van der Waals surface area (Å²) < 4.78 is 31.1. The van der Waals surface area contributed by atoms with E-state index in [0.29, 0.717) is 26.0 Å². The van der Waals surface area contributed by atoms with Crippen molar-refractivity contribution in [3.05, 3.63) is 0 Å². The van der Waals surface area contributed by atoms with Gasteiger partial charge in [-0.15, -0.1) is 0 Å². The summed E-state index contributed by atoms with van der Waals surface area (Å²) >= 11 is 0. The van der Waals surface area contributed by atoms with Crippen molar-refractivity contribution in [2.75, 3.05) is 32.1 Å². The summed E-state index contributed by atoms with van der Waals surface area (Å²) in [6, 6.07) is -0.805. The van der Waals surface area contributed by atoms with Gasteiger partial charge in [0.25, 0.3) is 0 Å². The van der Waals surface area contributed by atoms with Gasteiger partial charge in [0.1, 0.15) is 6.04 Å². The Bertz CT molecular complexity index is 411. The molecule has 0 aliphatic carbocycles. The van der Waals surface area contributed by atoms with Crippen LogP contribution in [0.1, 0.15) is 26.7 Å². The number of nitrogens with one attached hydrogen (secondary N) is 1. The number of unbranched alkanes of at least 4 members (excludes halogenated alkanes) is 1. The lowest BCUT2D eigenvalue weighted by Gasteiger charge is -2.34. The number of carbonyl (C=O) groups excluding carboxylic acids is 1. The molecule has 8 heteroatoms. The third-order valence-corrected chi connectivity index (χ3v) is 4.98. The topological polar surface area (TPSA) is 102 Å². The molecule has 1 unspecified atom stereocenters. The van der Waals surface area contributed by atoms with E-state index in [1.807, 2.05) is 13.8 Å². The van der Waals surface area contributed by atoms with Crippen LogP contribution in [0.2, 0.25) is 0 Å². The highest BCUT2D eigenvalue weighted by Gasteiger charge is 2.37. The molecule has 1 aliphatic heterocycles. The zero-order chi connectivity index (χ0) is 15.2. The number of sulfonamides is 1. The fraction of sp³-hybridized carbons (Fsp3) is 0.917. The van der Waals surface area contributed by atoms with Crippen molar-refractivity contribution in [3.63, 3.8) is 0 Å². The van der Waals surface area contributed by atoms with Crippen molar-refractivity contribution in [1.82, 2.24) is 9.62 Å². The number of amides is 1. The SMILES string of the molecule is CC(C)NC(=O)C1COCCN1S(=O)(=O)CCCCN. The minimum absolute atomic E-state index is 0.0235. The normalized spacial score (nSPS) is 21.1. The maximum Gasteiger partial charge on any atom is 0.241 e. The summed E-state index contributed by atoms with van der Waals surface area (Å²) in [6.07, 6.45) is 1.17. The van der Waals surface area contributed by atoms with Gasteiger partial charge in [0.15, 0.2) is 0 Å². The summed E-state index contributed by atoms with van der Waals surface area (Å²) in [5, 5.41) is 2.74. The molecule has 0 bridgehead atoms. The van der Waals surface area contributed by atoms with Crippen LogP contribution in [0.4, 0.5) is 0 Å². The lowest BCUT2D eigenvalue weighted by molar-refractivity contribution is -0.129. The Balaban J connectivity index is 2.74. The molecule has 118 valence electrons. The van der Waals surface area contributed by atoms with E-state index in [2.05, 4.69) is 5.32 Å². The smallest absolute Gasteiger partial charge is 0.241 e. The van der Waals surface area contributed by atoms with Gasteiger partial charge in [-0.3, -0.25) is 4.79 Å². The van der Waals surface area contributed by atoms with Crippen LogP contribution in [0.5, 0.6) is 0 Å². The van der Waals surface area contributed by atoms with Crippen LogP contribution in [0, 0.1) is 0 Å². The Labute approximate surface area is 120 Å². The van der Waals surface area contributed by atoms with Gasteiger partial charge in [0.2, 0.25) is 15.9 Å². The highest BCUT2D eigenvalue weighted by molar-refractivity contribution is 7.89. The minimum Gasteiger partial charge on any atom is -0.378 e. The van der Waals surface area contributed by atoms with Crippen LogP contribution in [0.25, 0.3) is 0 Å². The fourth-order valence-electron chi connectivity index (χ4n) is 2.05. The third-order valence-electron chi connectivity index (χ3n) is 3.03. The molecule has 0 spiro atoms. The molecule has 1 fully saturated rings. The van der Waals surface area contributed by atoms with E-state index in [1.54, 1.807) is 0 Å². The summed E-state index contributed by atoms with van der Waals surface area (Å²) in [4.78, 5) is 12.1. The molecule has 1 aliphatic rings. The van der Waals surface area contributed by atoms with Gasteiger partial charge in [-0.2, -0.15) is 4.31 Å². The Hall–Kier alpha value is -0.700. The first kappa shape index (κ1) is 17.4. The number of ether oxygens (including phenoxy) is 1. The highest BCUT2D eigenvalue weighted by atomic mass is 32.2. The van der Waals surface area contributed by atoms with Crippen molar-refractivity contribution in [2.45, 2.75) is 38.8 Å². The zero-order valence-corrected chi connectivity index (χ0v) is 13.0. The molecule has 3 N–H and O–H groups in total. The summed E-state index contributed by atoms with van der Waals surface area (Å²) in [7, 11) is -3.45. The Morgan fingerprint density at radius 3 is 2.75 bits per heavy atom. The van der Waals surface area contributed by atoms with Crippen molar-refractivity contribution in [2.24, 2.45) is 5.73 Å². The molecule has 1 amide bonds. The molecule has 1 atom stereocenters. The van der Waals surface area contributed by atoms with Crippen LogP contribution < -0.4 is 11.1 Å². The average Bonchev–Trinajstić information content (AvgIpc) is 2.38. The van der Waals surface area contributed by atoms with Crippen LogP contribution in [0.15, 0.2) is 0 Å². The second kappa shape index (κ2) is 7.92. The highest BCUT2D eigenvalue weighted by Crippen LogP contribution is 2.14. The van der Waals surface area contributed by atoms with Crippen LogP contribution >= 0.6 is 0 Å².